The molecule has 1 amide bonds. The molecule has 8 heteroatoms. The number of H-pyrrole nitrogens is 1. The normalized spacial score (nSPS) is 15.1. The van der Waals surface area contributed by atoms with E-state index in [1.807, 2.05) is 49.1 Å². The minimum absolute atomic E-state index is 0.138. The number of aromatic nitrogens is 4. The molecule has 0 unspecified atom stereocenters. The van der Waals surface area contributed by atoms with Gasteiger partial charge >= 0.3 is 0 Å². The number of carbonyl (C=O) groups excluding carboxylic acids is 1. The summed E-state index contributed by atoms with van der Waals surface area (Å²) in [4.78, 5) is 33.7. The van der Waals surface area contributed by atoms with E-state index in [0.717, 1.165) is 54.4 Å². The Hall–Kier alpha value is -2.61. The molecule has 1 N–H and O–H groups in total. The molecule has 1 aromatic carbocycles. The molecule has 28 heavy (non-hydrogen) atoms. The Balaban J connectivity index is 1.36. The molecule has 1 aliphatic heterocycles. The van der Waals surface area contributed by atoms with E-state index in [-0.39, 0.29) is 5.91 Å². The maximum Gasteiger partial charge on any atom is 0.233 e. The zero-order valence-corrected chi connectivity index (χ0v) is 17.0. The zero-order chi connectivity index (χ0) is 19.5. The first kappa shape index (κ1) is 18.7. The molecule has 4 rings (SSSR count). The predicted molar refractivity (Wildman–Crippen MR) is 112 cm³/mol. The van der Waals surface area contributed by atoms with Gasteiger partial charge in [0.2, 0.25) is 11.9 Å². The number of rotatable bonds is 4. The Morgan fingerprint density at radius 3 is 2.64 bits per heavy atom. The maximum absolute atomic E-state index is 12.7. The molecule has 2 aromatic heterocycles. The average Bonchev–Trinajstić information content (AvgIpc) is 2.94. The highest BCUT2D eigenvalue weighted by Crippen LogP contribution is 2.19. The molecule has 3 aromatic rings. The summed E-state index contributed by atoms with van der Waals surface area (Å²) in [5.74, 6) is 1.39. The van der Waals surface area contributed by atoms with Crippen LogP contribution in [0.1, 0.15) is 17.8 Å². The lowest BCUT2D eigenvalue weighted by Gasteiger charge is -2.21. The summed E-state index contributed by atoms with van der Waals surface area (Å²) in [5, 5.41) is 0.671. The number of hydrogen-bond acceptors (Lipinski definition) is 6. The van der Waals surface area contributed by atoms with Gasteiger partial charge in [-0.05, 0) is 38.5 Å². The van der Waals surface area contributed by atoms with Gasteiger partial charge in [0.15, 0.2) is 5.16 Å². The summed E-state index contributed by atoms with van der Waals surface area (Å²) in [5.41, 5.74) is 3.87. The van der Waals surface area contributed by atoms with Crippen LogP contribution in [0.2, 0.25) is 0 Å². The second-order valence-electron chi connectivity index (χ2n) is 7.02. The molecular weight excluding hydrogens is 372 g/mol. The third-order valence-corrected chi connectivity index (χ3v) is 5.64. The molecule has 0 radical (unpaired) electrons. The van der Waals surface area contributed by atoms with Gasteiger partial charge in [-0.3, -0.25) is 4.79 Å². The number of aryl methyl sites for hydroxylation is 2. The van der Waals surface area contributed by atoms with Gasteiger partial charge in [-0.2, -0.15) is 0 Å². The molecule has 1 saturated heterocycles. The number of nitrogens with zero attached hydrogens (tertiary/aromatic N) is 5. The Kier molecular flexibility index (Phi) is 5.47. The van der Waals surface area contributed by atoms with Gasteiger partial charge in [0, 0.05) is 37.6 Å². The average molecular weight is 397 g/mol. The molecule has 0 aliphatic carbocycles. The van der Waals surface area contributed by atoms with Crippen molar-refractivity contribution in [2.45, 2.75) is 25.4 Å². The largest absolute Gasteiger partial charge is 0.341 e. The third-order valence-electron chi connectivity index (χ3n) is 4.81. The molecule has 7 nitrogen and oxygen atoms in total. The molecule has 146 valence electrons. The fourth-order valence-electron chi connectivity index (χ4n) is 3.44. The fourth-order valence-corrected chi connectivity index (χ4v) is 4.30. The van der Waals surface area contributed by atoms with E-state index >= 15 is 0 Å². The minimum atomic E-state index is 0.138. The number of nitrogens with one attached hydrogen (secondary N) is 1. The van der Waals surface area contributed by atoms with Gasteiger partial charge in [-0.1, -0.05) is 23.9 Å². The summed E-state index contributed by atoms with van der Waals surface area (Å²) in [6.45, 7) is 7.02. The van der Waals surface area contributed by atoms with Gasteiger partial charge < -0.3 is 14.8 Å². The summed E-state index contributed by atoms with van der Waals surface area (Å²) < 4.78 is 0. The SMILES string of the molecule is Cc1cc(C)nc(SCC(=O)N2CCCN(c3nc4ccccc4[nH]3)CC2)n1. The maximum atomic E-state index is 12.7. The van der Waals surface area contributed by atoms with Crippen molar-refractivity contribution < 1.29 is 4.79 Å². The lowest BCUT2D eigenvalue weighted by atomic mass is 10.3. The van der Waals surface area contributed by atoms with E-state index in [1.165, 1.54) is 11.8 Å². The summed E-state index contributed by atoms with van der Waals surface area (Å²) >= 11 is 1.41. The molecule has 3 heterocycles. The number of fused-ring (bicyclic) bond motifs is 1. The van der Waals surface area contributed by atoms with Crippen LogP contribution in [0.5, 0.6) is 0 Å². The third kappa shape index (κ3) is 4.27. The van der Waals surface area contributed by atoms with Gasteiger partial charge in [0.1, 0.15) is 0 Å². The number of amides is 1. The Bertz CT molecular complexity index is 934. The highest BCUT2D eigenvalue weighted by atomic mass is 32.2. The minimum Gasteiger partial charge on any atom is -0.341 e. The van der Waals surface area contributed by atoms with Crippen LogP contribution in [-0.4, -0.2) is 62.7 Å². The van der Waals surface area contributed by atoms with Crippen molar-refractivity contribution in [3.8, 4) is 0 Å². The van der Waals surface area contributed by atoms with Crippen LogP contribution in [0.25, 0.3) is 11.0 Å². The van der Waals surface area contributed by atoms with Crippen molar-refractivity contribution in [3.63, 3.8) is 0 Å². The first-order chi connectivity index (χ1) is 13.6. The van der Waals surface area contributed by atoms with E-state index < -0.39 is 0 Å². The first-order valence-corrected chi connectivity index (χ1v) is 10.5. The number of para-hydroxylation sites is 2. The van der Waals surface area contributed by atoms with Crippen LogP contribution >= 0.6 is 11.8 Å². The van der Waals surface area contributed by atoms with Crippen molar-refractivity contribution >= 4 is 34.7 Å². The Morgan fingerprint density at radius 2 is 1.86 bits per heavy atom. The van der Waals surface area contributed by atoms with E-state index in [4.69, 9.17) is 0 Å². The van der Waals surface area contributed by atoms with Crippen LogP contribution in [0.15, 0.2) is 35.5 Å². The van der Waals surface area contributed by atoms with Gasteiger partial charge in [-0.15, -0.1) is 0 Å². The lowest BCUT2D eigenvalue weighted by Crippen LogP contribution is -2.36. The molecule has 0 atom stereocenters. The number of anilines is 1. The van der Waals surface area contributed by atoms with Gasteiger partial charge in [-0.25, -0.2) is 15.0 Å². The fraction of sp³-hybridized carbons (Fsp3) is 0.400. The molecule has 1 aliphatic rings. The summed E-state index contributed by atoms with van der Waals surface area (Å²) in [6, 6.07) is 9.98. The van der Waals surface area contributed by atoms with Crippen LogP contribution in [-0.2, 0) is 4.79 Å². The Labute approximate surface area is 168 Å². The monoisotopic (exact) mass is 396 g/mol. The topological polar surface area (TPSA) is 78.0 Å². The molecule has 0 spiro atoms. The lowest BCUT2D eigenvalue weighted by molar-refractivity contribution is -0.128. The van der Waals surface area contributed by atoms with Crippen molar-refractivity contribution in [1.29, 1.82) is 0 Å². The molecular formula is C20H24N6OS. The van der Waals surface area contributed by atoms with Crippen molar-refractivity contribution in [2.75, 3.05) is 36.8 Å². The van der Waals surface area contributed by atoms with E-state index in [2.05, 4.69) is 24.8 Å². The standard InChI is InChI=1S/C20H24N6OS/c1-14-12-15(2)22-20(21-14)28-13-18(27)25-8-5-9-26(11-10-25)19-23-16-6-3-4-7-17(16)24-19/h3-4,6-7,12H,5,8-11,13H2,1-2H3,(H,23,24). The number of thioether (sulfide) groups is 1. The molecule has 0 bridgehead atoms. The Morgan fingerprint density at radius 1 is 1.07 bits per heavy atom. The summed E-state index contributed by atoms with van der Waals surface area (Å²) in [6.07, 6.45) is 0.924. The van der Waals surface area contributed by atoms with Crippen molar-refractivity contribution in [3.05, 3.63) is 41.7 Å². The smallest absolute Gasteiger partial charge is 0.233 e. The second kappa shape index (κ2) is 8.18. The number of benzene rings is 1. The van der Waals surface area contributed by atoms with Crippen molar-refractivity contribution in [1.82, 2.24) is 24.8 Å². The first-order valence-electron chi connectivity index (χ1n) is 9.51. The molecule has 1 fully saturated rings. The van der Waals surface area contributed by atoms with Crippen LogP contribution in [0.3, 0.4) is 0 Å². The van der Waals surface area contributed by atoms with E-state index in [0.29, 0.717) is 17.5 Å². The number of aromatic amines is 1. The molecule has 0 saturated carbocycles. The van der Waals surface area contributed by atoms with E-state index in [9.17, 15) is 4.79 Å². The number of hydrogen-bond donors (Lipinski definition) is 1. The second-order valence-corrected chi connectivity index (χ2v) is 7.96. The quantitative estimate of drug-likeness (QED) is 0.540. The zero-order valence-electron chi connectivity index (χ0n) is 16.2. The van der Waals surface area contributed by atoms with Crippen LogP contribution in [0, 0.1) is 13.8 Å². The highest BCUT2D eigenvalue weighted by molar-refractivity contribution is 7.99. The van der Waals surface area contributed by atoms with Crippen LogP contribution < -0.4 is 4.90 Å². The number of imidazole rings is 1. The number of carbonyl (C=O) groups is 1. The highest BCUT2D eigenvalue weighted by Gasteiger charge is 2.21. The summed E-state index contributed by atoms with van der Waals surface area (Å²) in [7, 11) is 0. The van der Waals surface area contributed by atoms with E-state index in [1.54, 1.807) is 0 Å². The van der Waals surface area contributed by atoms with Crippen LogP contribution in [0.4, 0.5) is 5.95 Å². The van der Waals surface area contributed by atoms with Gasteiger partial charge in [0.05, 0.1) is 16.8 Å². The van der Waals surface area contributed by atoms with Gasteiger partial charge in [0.25, 0.3) is 0 Å². The van der Waals surface area contributed by atoms with Crippen molar-refractivity contribution in [2.24, 2.45) is 0 Å². The predicted octanol–water partition coefficient (Wildman–Crippen LogP) is 2.80.